The Labute approximate surface area is 177 Å². The summed E-state index contributed by atoms with van der Waals surface area (Å²) >= 11 is 12.8. The first-order chi connectivity index (χ1) is 13.9. The van der Waals surface area contributed by atoms with Crippen LogP contribution >= 0.6 is 23.2 Å². The molecule has 0 amide bonds. The molecule has 1 aliphatic rings. The quantitative estimate of drug-likeness (QED) is 0.610. The van der Waals surface area contributed by atoms with Gasteiger partial charge in [-0.3, -0.25) is 4.79 Å². The van der Waals surface area contributed by atoms with Crippen molar-refractivity contribution in [2.45, 2.75) is 11.8 Å². The first-order valence-electron chi connectivity index (χ1n) is 8.96. The van der Waals surface area contributed by atoms with Crippen LogP contribution in [0.25, 0.3) is 0 Å². The van der Waals surface area contributed by atoms with Gasteiger partial charge in [0.15, 0.2) is 12.4 Å². The molecule has 0 aliphatic heterocycles. The van der Waals surface area contributed by atoms with Gasteiger partial charge in [-0.05, 0) is 29.2 Å². The Balaban J connectivity index is 1.90. The highest BCUT2D eigenvalue weighted by Gasteiger charge is 2.49. The summed E-state index contributed by atoms with van der Waals surface area (Å²) in [4.78, 5) is 24.7. The second kappa shape index (κ2) is 7.54. The molecule has 0 saturated heterocycles. The van der Waals surface area contributed by atoms with Crippen LogP contribution in [0.4, 0.5) is 0 Å². The van der Waals surface area contributed by atoms with E-state index in [9.17, 15) is 9.59 Å². The maximum absolute atomic E-state index is 13.8. The van der Waals surface area contributed by atoms with Crippen LogP contribution < -0.4 is 4.74 Å². The number of carboxylic acids is 1. The van der Waals surface area contributed by atoms with E-state index in [4.69, 9.17) is 33.0 Å². The van der Waals surface area contributed by atoms with E-state index in [0.29, 0.717) is 17.5 Å². The van der Waals surface area contributed by atoms with E-state index >= 15 is 0 Å². The molecule has 0 radical (unpaired) electrons. The second-order valence-electron chi connectivity index (χ2n) is 6.86. The number of hydrogen-bond acceptors (Lipinski definition) is 3. The SMILES string of the molecule is O=C(O)COc1cc2c(c(Cl)c1Cl)C(=O)C(c1ccccc1)(c1ccccc1)C2. The molecule has 1 aliphatic carbocycles. The van der Waals surface area contributed by atoms with Gasteiger partial charge in [0.05, 0.1) is 10.4 Å². The summed E-state index contributed by atoms with van der Waals surface area (Å²) in [5.74, 6) is -1.11. The lowest BCUT2D eigenvalue weighted by molar-refractivity contribution is -0.139. The van der Waals surface area contributed by atoms with Gasteiger partial charge in [0.2, 0.25) is 0 Å². The number of fused-ring (bicyclic) bond motifs is 1. The minimum atomic E-state index is -1.13. The molecule has 4 rings (SSSR count). The van der Waals surface area contributed by atoms with Crippen molar-refractivity contribution in [3.63, 3.8) is 0 Å². The summed E-state index contributed by atoms with van der Waals surface area (Å²) in [7, 11) is 0. The van der Waals surface area contributed by atoms with Gasteiger partial charge in [0.1, 0.15) is 10.8 Å². The molecule has 4 nitrogen and oxygen atoms in total. The van der Waals surface area contributed by atoms with Gasteiger partial charge in [-0.25, -0.2) is 4.79 Å². The second-order valence-corrected chi connectivity index (χ2v) is 7.62. The number of benzene rings is 3. The molecule has 0 unspecified atom stereocenters. The van der Waals surface area contributed by atoms with Crippen LogP contribution in [0.15, 0.2) is 66.7 Å². The Morgan fingerprint density at radius 3 is 2.03 bits per heavy atom. The van der Waals surface area contributed by atoms with Crippen LogP contribution in [-0.4, -0.2) is 23.5 Å². The van der Waals surface area contributed by atoms with Crippen molar-refractivity contribution in [2.24, 2.45) is 0 Å². The summed E-state index contributed by atoms with van der Waals surface area (Å²) in [6.45, 7) is -0.550. The first kappa shape index (κ1) is 19.5. The Bertz CT molecular complexity index is 1060. The maximum atomic E-state index is 13.8. The highest BCUT2D eigenvalue weighted by Crippen LogP contribution is 2.50. The zero-order valence-corrected chi connectivity index (χ0v) is 16.7. The van der Waals surface area contributed by atoms with Gasteiger partial charge < -0.3 is 9.84 Å². The number of hydrogen-bond donors (Lipinski definition) is 1. The molecule has 3 aromatic rings. The Morgan fingerprint density at radius 1 is 0.966 bits per heavy atom. The fourth-order valence-electron chi connectivity index (χ4n) is 3.94. The molecule has 0 fully saturated rings. The summed E-state index contributed by atoms with van der Waals surface area (Å²) in [5, 5.41) is 9.02. The molecule has 0 spiro atoms. The number of carbonyl (C=O) groups is 2. The molecule has 0 atom stereocenters. The van der Waals surface area contributed by atoms with Crippen molar-refractivity contribution in [1.82, 2.24) is 0 Å². The summed E-state index contributed by atoms with van der Waals surface area (Å²) in [6, 6.07) is 20.7. The van der Waals surface area contributed by atoms with Crippen molar-refractivity contribution in [1.29, 1.82) is 0 Å². The van der Waals surface area contributed by atoms with Crippen molar-refractivity contribution >= 4 is 35.0 Å². The van der Waals surface area contributed by atoms with E-state index in [1.54, 1.807) is 6.07 Å². The first-order valence-corrected chi connectivity index (χ1v) is 9.72. The predicted molar refractivity (Wildman–Crippen MR) is 111 cm³/mol. The largest absolute Gasteiger partial charge is 0.480 e. The molecule has 3 aromatic carbocycles. The van der Waals surface area contributed by atoms with Gasteiger partial charge in [-0.15, -0.1) is 0 Å². The number of carbonyl (C=O) groups excluding carboxylic acids is 1. The number of ketones is 1. The summed E-state index contributed by atoms with van der Waals surface area (Å²) in [6.07, 6.45) is 0.371. The van der Waals surface area contributed by atoms with Gasteiger partial charge in [0, 0.05) is 5.56 Å². The lowest BCUT2D eigenvalue weighted by atomic mass is 9.71. The highest BCUT2D eigenvalue weighted by atomic mass is 35.5. The normalized spacial score (nSPS) is 14.5. The third-order valence-corrected chi connectivity index (χ3v) is 6.06. The van der Waals surface area contributed by atoms with Crippen LogP contribution in [0.2, 0.25) is 10.0 Å². The van der Waals surface area contributed by atoms with E-state index in [-0.39, 0.29) is 21.6 Å². The number of halogens is 2. The molecule has 0 aromatic heterocycles. The number of aliphatic carboxylic acids is 1. The van der Waals surface area contributed by atoms with E-state index in [0.717, 1.165) is 11.1 Å². The van der Waals surface area contributed by atoms with Crippen LogP contribution in [0, 0.1) is 0 Å². The smallest absolute Gasteiger partial charge is 0.341 e. The molecule has 0 saturated carbocycles. The van der Waals surface area contributed by atoms with Crippen LogP contribution in [0.3, 0.4) is 0 Å². The standard InChI is InChI=1S/C23H16Cl2O4/c24-20-17(29-13-18(26)27)11-14-12-23(15-7-3-1-4-8-15,16-9-5-2-6-10-16)22(28)19(14)21(20)25/h1-11H,12-13H2,(H,26,27). The Morgan fingerprint density at radius 2 is 1.52 bits per heavy atom. The molecular weight excluding hydrogens is 411 g/mol. The van der Waals surface area contributed by atoms with Crippen molar-refractivity contribution < 1.29 is 19.4 Å². The van der Waals surface area contributed by atoms with Gasteiger partial charge in [0.25, 0.3) is 0 Å². The van der Waals surface area contributed by atoms with E-state index < -0.39 is 18.0 Å². The van der Waals surface area contributed by atoms with Gasteiger partial charge in [-0.1, -0.05) is 83.9 Å². The minimum Gasteiger partial charge on any atom is -0.480 e. The summed E-state index contributed by atoms with van der Waals surface area (Å²) < 4.78 is 5.29. The van der Waals surface area contributed by atoms with Gasteiger partial charge >= 0.3 is 5.97 Å². The van der Waals surface area contributed by atoms with Gasteiger partial charge in [-0.2, -0.15) is 0 Å². The average Bonchev–Trinajstić information content (AvgIpc) is 3.04. The number of ether oxygens (including phenoxy) is 1. The zero-order chi connectivity index (χ0) is 20.6. The number of Topliss-reactive ketones (excluding diaryl/α,β-unsaturated/α-hetero) is 1. The third kappa shape index (κ3) is 3.18. The van der Waals surface area contributed by atoms with Crippen molar-refractivity contribution in [3.05, 3.63) is 99.0 Å². The molecule has 0 bridgehead atoms. The van der Waals surface area contributed by atoms with E-state index in [2.05, 4.69) is 0 Å². The maximum Gasteiger partial charge on any atom is 0.341 e. The number of carboxylic acid groups (broad SMARTS) is 1. The Hall–Kier alpha value is -2.82. The molecule has 0 heterocycles. The molecular formula is C23H16Cl2O4. The van der Waals surface area contributed by atoms with Crippen molar-refractivity contribution in [3.8, 4) is 5.75 Å². The molecule has 6 heteroatoms. The molecule has 1 N–H and O–H groups in total. The van der Waals surface area contributed by atoms with Crippen molar-refractivity contribution in [2.75, 3.05) is 6.61 Å². The highest BCUT2D eigenvalue weighted by molar-refractivity contribution is 6.45. The van der Waals surface area contributed by atoms with E-state index in [1.165, 1.54) is 0 Å². The van der Waals surface area contributed by atoms with Crippen LogP contribution in [0.5, 0.6) is 5.75 Å². The molecule has 146 valence electrons. The topological polar surface area (TPSA) is 63.6 Å². The Kier molecular flexibility index (Phi) is 5.07. The van der Waals surface area contributed by atoms with Crippen LogP contribution in [-0.2, 0) is 16.6 Å². The summed E-state index contributed by atoms with van der Waals surface area (Å²) in [5.41, 5.74) is 1.80. The zero-order valence-electron chi connectivity index (χ0n) is 15.2. The fourth-order valence-corrected chi connectivity index (χ4v) is 4.44. The lowest BCUT2D eigenvalue weighted by Gasteiger charge is -2.29. The molecule has 29 heavy (non-hydrogen) atoms. The van der Waals surface area contributed by atoms with Crippen LogP contribution in [0.1, 0.15) is 27.0 Å². The van der Waals surface area contributed by atoms with E-state index in [1.807, 2.05) is 60.7 Å². The average molecular weight is 427 g/mol. The predicted octanol–water partition coefficient (Wildman–Crippen LogP) is 5.18. The fraction of sp³-hybridized carbons (Fsp3) is 0.130. The third-order valence-electron chi connectivity index (χ3n) is 5.21. The number of rotatable bonds is 5. The lowest BCUT2D eigenvalue weighted by Crippen LogP contribution is -2.34. The minimum absolute atomic E-state index is 0.0388. The monoisotopic (exact) mass is 426 g/mol.